The molecule has 0 saturated heterocycles. The first-order chi connectivity index (χ1) is 19.5. The molecular weight excluding hydrogens is 524 g/mol. The van der Waals surface area contributed by atoms with Gasteiger partial charge >= 0.3 is 0 Å². The minimum atomic E-state index is 0.0891. The van der Waals surface area contributed by atoms with Gasteiger partial charge in [-0.2, -0.15) is 0 Å². The summed E-state index contributed by atoms with van der Waals surface area (Å²) in [4.78, 5) is 45.1. The zero-order valence-electron chi connectivity index (χ0n) is 30.1. The van der Waals surface area contributed by atoms with Crippen molar-refractivity contribution in [3.05, 3.63) is 0 Å². The van der Waals surface area contributed by atoms with Gasteiger partial charge in [-0.05, 0) is 43.4 Å². The number of hydrogen-bond acceptors (Lipinski definition) is 5. The number of hydrogen-bond donors (Lipinski definition) is 0. The van der Waals surface area contributed by atoms with Gasteiger partial charge in [0.25, 0.3) is 0 Å². The molecule has 0 rings (SSSR count). The van der Waals surface area contributed by atoms with Crippen LogP contribution in [0.4, 0.5) is 0 Å². The predicted octanol–water partition coefficient (Wildman–Crippen LogP) is 10.3. The fraction of sp³-hybridized carbons (Fsp3) is 0.892. The number of unbranched alkanes of at least 4 members (excludes halogenated alkanes) is 2. The Balaban J connectivity index is -0.000000563. The molecule has 0 N–H and O–H groups in total. The number of rotatable bonds is 23. The smallest absolute Gasteiger partial charge is 0.137 e. The quantitative estimate of drug-likeness (QED) is 0.110. The zero-order chi connectivity index (χ0) is 33.1. The third-order valence-electron chi connectivity index (χ3n) is 7.08. The first-order valence-corrected chi connectivity index (χ1v) is 17.2. The van der Waals surface area contributed by atoms with E-state index in [0.717, 1.165) is 50.4 Å². The molecule has 0 bridgehead atoms. The third kappa shape index (κ3) is 36.7. The van der Waals surface area contributed by atoms with E-state index in [2.05, 4.69) is 41.5 Å². The van der Waals surface area contributed by atoms with Crippen molar-refractivity contribution in [2.45, 2.75) is 167 Å². The maximum absolute atomic E-state index is 11.5. The van der Waals surface area contributed by atoms with Gasteiger partial charge < -0.3 is 4.74 Å². The SMILES string of the molecule is CC(C)CCC(=O)CCCOCCC(=O)C(C)C.CC(C)CCCC(=O)C(C)C.CC(C)CCCCCC(=O)C(C)C. The molecule has 250 valence electrons. The maximum Gasteiger partial charge on any atom is 0.137 e. The van der Waals surface area contributed by atoms with Crippen molar-refractivity contribution in [2.24, 2.45) is 35.5 Å². The molecule has 0 heterocycles. The van der Waals surface area contributed by atoms with Crippen molar-refractivity contribution in [3.8, 4) is 0 Å². The highest BCUT2D eigenvalue weighted by Gasteiger charge is 2.08. The molecule has 0 radical (unpaired) electrons. The number of carbonyl (C=O) groups is 4. The Labute approximate surface area is 262 Å². The van der Waals surface area contributed by atoms with Crippen LogP contribution in [0.1, 0.15) is 167 Å². The molecule has 0 aliphatic rings. The van der Waals surface area contributed by atoms with Crippen molar-refractivity contribution in [3.63, 3.8) is 0 Å². The lowest BCUT2D eigenvalue weighted by Gasteiger charge is -2.06. The molecule has 0 aliphatic carbocycles. The second-order valence-corrected chi connectivity index (χ2v) is 14.1. The fourth-order valence-corrected chi connectivity index (χ4v) is 3.80. The summed E-state index contributed by atoms with van der Waals surface area (Å²) in [6.07, 6.45) is 12.2. The second kappa shape index (κ2) is 29.7. The Morgan fingerprint density at radius 1 is 0.405 bits per heavy atom. The van der Waals surface area contributed by atoms with Gasteiger partial charge in [0.15, 0.2) is 0 Å². The summed E-state index contributed by atoms with van der Waals surface area (Å²) in [6.45, 7) is 25.9. The number of carbonyl (C=O) groups excluding carboxylic acids is 4. The van der Waals surface area contributed by atoms with E-state index in [0.29, 0.717) is 55.7 Å². The Morgan fingerprint density at radius 3 is 1.29 bits per heavy atom. The van der Waals surface area contributed by atoms with Gasteiger partial charge in [0.1, 0.15) is 23.1 Å². The fourth-order valence-electron chi connectivity index (χ4n) is 3.80. The Kier molecular flexibility index (Phi) is 31.9. The van der Waals surface area contributed by atoms with Crippen molar-refractivity contribution in [2.75, 3.05) is 13.2 Å². The van der Waals surface area contributed by atoms with Gasteiger partial charge in [0, 0.05) is 56.5 Å². The van der Waals surface area contributed by atoms with E-state index in [-0.39, 0.29) is 23.5 Å². The van der Waals surface area contributed by atoms with Crippen LogP contribution < -0.4 is 0 Å². The van der Waals surface area contributed by atoms with Crippen LogP contribution in [0.3, 0.4) is 0 Å². The van der Waals surface area contributed by atoms with E-state index in [9.17, 15) is 19.2 Å². The molecule has 0 aliphatic heterocycles. The largest absolute Gasteiger partial charge is 0.381 e. The molecule has 0 unspecified atom stereocenters. The molecule has 0 saturated carbocycles. The van der Waals surface area contributed by atoms with E-state index in [4.69, 9.17) is 4.74 Å². The van der Waals surface area contributed by atoms with Gasteiger partial charge in [0.05, 0.1) is 6.61 Å². The van der Waals surface area contributed by atoms with Gasteiger partial charge in [-0.25, -0.2) is 0 Å². The van der Waals surface area contributed by atoms with Crippen LogP contribution in [-0.2, 0) is 23.9 Å². The molecule has 0 aromatic rings. The van der Waals surface area contributed by atoms with E-state index in [1.807, 2.05) is 41.5 Å². The molecular formula is C37H72O5. The normalized spacial score (nSPS) is 11.2. The Morgan fingerprint density at radius 2 is 0.833 bits per heavy atom. The lowest BCUT2D eigenvalue weighted by molar-refractivity contribution is -0.123. The molecule has 0 atom stereocenters. The first-order valence-electron chi connectivity index (χ1n) is 17.2. The molecule has 0 aromatic carbocycles. The topological polar surface area (TPSA) is 77.5 Å². The third-order valence-corrected chi connectivity index (χ3v) is 7.08. The number of Topliss-reactive ketones (excluding diaryl/α,β-unsaturated/α-hetero) is 4. The summed E-state index contributed by atoms with van der Waals surface area (Å²) in [5.74, 6) is 4.06. The minimum Gasteiger partial charge on any atom is -0.381 e. The van der Waals surface area contributed by atoms with Crippen LogP contribution in [0, 0.1) is 35.5 Å². The van der Waals surface area contributed by atoms with Crippen LogP contribution in [0.25, 0.3) is 0 Å². The van der Waals surface area contributed by atoms with E-state index in [1.165, 1.54) is 25.7 Å². The van der Waals surface area contributed by atoms with Crippen LogP contribution in [0.5, 0.6) is 0 Å². The van der Waals surface area contributed by atoms with Gasteiger partial charge in [-0.1, -0.05) is 109 Å². The lowest BCUT2D eigenvalue weighted by Crippen LogP contribution is -2.11. The first kappa shape index (κ1) is 45.1. The molecule has 0 fully saturated rings. The molecule has 0 amide bonds. The van der Waals surface area contributed by atoms with Crippen molar-refractivity contribution < 1.29 is 23.9 Å². The highest BCUT2D eigenvalue weighted by atomic mass is 16.5. The van der Waals surface area contributed by atoms with Crippen LogP contribution >= 0.6 is 0 Å². The van der Waals surface area contributed by atoms with Gasteiger partial charge in [-0.3, -0.25) is 19.2 Å². The van der Waals surface area contributed by atoms with Crippen LogP contribution in [0.15, 0.2) is 0 Å². The molecule has 0 aromatic heterocycles. The second-order valence-electron chi connectivity index (χ2n) is 14.1. The summed E-state index contributed by atoms with van der Waals surface area (Å²) in [5, 5.41) is 0. The van der Waals surface area contributed by atoms with Crippen molar-refractivity contribution in [1.82, 2.24) is 0 Å². The molecule has 0 spiro atoms. The Bertz CT molecular complexity index is 674. The number of ether oxygens (including phenoxy) is 1. The highest BCUT2D eigenvalue weighted by molar-refractivity contribution is 5.81. The monoisotopic (exact) mass is 597 g/mol. The summed E-state index contributed by atoms with van der Waals surface area (Å²) in [7, 11) is 0. The lowest BCUT2D eigenvalue weighted by atomic mass is 10.00. The van der Waals surface area contributed by atoms with E-state index >= 15 is 0 Å². The molecule has 5 heteroatoms. The van der Waals surface area contributed by atoms with Crippen LogP contribution in [-0.4, -0.2) is 36.3 Å². The van der Waals surface area contributed by atoms with Gasteiger partial charge in [-0.15, -0.1) is 0 Å². The Hall–Kier alpha value is -1.36. The van der Waals surface area contributed by atoms with Gasteiger partial charge in [0.2, 0.25) is 0 Å². The summed E-state index contributed by atoms with van der Waals surface area (Å²) in [6, 6.07) is 0. The number of ketones is 4. The average Bonchev–Trinajstić information content (AvgIpc) is 2.89. The highest BCUT2D eigenvalue weighted by Crippen LogP contribution is 2.12. The summed E-state index contributed by atoms with van der Waals surface area (Å²) < 4.78 is 5.36. The summed E-state index contributed by atoms with van der Waals surface area (Å²) in [5.41, 5.74) is 0. The molecule has 42 heavy (non-hydrogen) atoms. The average molecular weight is 597 g/mol. The van der Waals surface area contributed by atoms with Crippen molar-refractivity contribution in [1.29, 1.82) is 0 Å². The maximum atomic E-state index is 11.5. The predicted molar refractivity (Wildman–Crippen MR) is 180 cm³/mol. The van der Waals surface area contributed by atoms with E-state index < -0.39 is 0 Å². The zero-order valence-corrected chi connectivity index (χ0v) is 30.1. The van der Waals surface area contributed by atoms with E-state index in [1.54, 1.807) is 0 Å². The standard InChI is InChI=1S/C15H28O3.C12H24O.C10H20O/c1-12(2)7-8-14(16)6-5-10-18-11-9-15(17)13(3)4;1-10(2)8-6-5-7-9-12(13)11(3)4;1-8(2)6-5-7-10(11)9(3)4/h12-13H,5-11H2,1-4H3;10-11H,5-9H2,1-4H3;8-9H,5-7H2,1-4H3. The van der Waals surface area contributed by atoms with Crippen molar-refractivity contribution >= 4 is 23.1 Å². The molecule has 5 nitrogen and oxygen atoms in total. The minimum absolute atomic E-state index is 0.0891. The summed E-state index contributed by atoms with van der Waals surface area (Å²) >= 11 is 0. The van der Waals surface area contributed by atoms with Crippen LogP contribution in [0.2, 0.25) is 0 Å².